The minimum Gasteiger partial charge on any atom is -0.474 e. The molecule has 13 heteroatoms. The Morgan fingerprint density at radius 2 is 1.98 bits per heavy atom. The highest BCUT2D eigenvalue weighted by Crippen LogP contribution is 2.38. The summed E-state index contributed by atoms with van der Waals surface area (Å²) in [6.45, 7) is 2.98. The van der Waals surface area contributed by atoms with E-state index < -0.39 is 33.9 Å². The number of benzene rings is 1. The number of furan rings is 1. The number of carbonyl (C=O) groups excluding carboxylic acids is 1. The fraction of sp³-hybridized carbons (Fsp3) is 0.357. The number of aliphatic hydroxyl groups is 1. The Balaban J connectivity index is 1.37. The Hall–Kier alpha value is -3.65. The lowest BCUT2D eigenvalue weighted by Gasteiger charge is -2.23. The SMILES string of the molecule is CC(C)(O)c1coc(S(=O)(=O)NC(=O)Nc2c(-c3ccnc(OC4CC=C(B(O)O)CC4)c3)ccc3c2CCC3)c1. The van der Waals surface area contributed by atoms with Crippen molar-refractivity contribution < 1.29 is 37.5 Å². The maximum absolute atomic E-state index is 13.0. The Morgan fingerprint density at radius 3 is 2.66 bits per heavy atom. The molecule has 0 radical (unpaired) electrons. The van der Waals surface area contributed by atoms with Crippen LogP contribution in [0, 0.1) is 0 Å². The molecule has 1 unspecified atom stereocenters. The third-order valence-corrected chi connectivity index (χ3v) is 8.56. The first-order chi connectivity index (χ1) is 19.4. The average Bonchev–Trinajstić information content (AvgIpc) is 3.60. The summed E-state index contributed by atoms with van der Waals surface area (Å²) >= 11 is 0. The number of amides is 2. The maximum atomic E-state index is 13.0. The monoisotopic (exact) mass is 581 g/mol. The molecule has 2 amide bonds. The van der Waals surface area contributed by atoms with Crippen LogP contribution in [0.15, 0.2) is 63.8 Å². The van der Waals surface area contributed by atoms with Crippen LogP contribution in [0.25, 0.3) is 11.1 Å². The molecular weight excluding hydrogens is 549 g/mol. The lowest BCUT2D eigenvalue weighted by Crippen LogP contribution is -2.34. The lowest BCUT2D eigenvalue weighted by molar-refractivity contribution is 0.0779. The number of nitrogens with one attached hydrogen (secondary N) is 2. The molecule has 0 saturated heterocycles. The summed E-state index contributed by atoms with van der Waals surface area (Å²) in [6, 6.07) is 7.66. The van der Waals surface area contributed by atoms with Crippen LogP contribution < -0.4 is 14.8 Å². The molecule has 0 spiro atoms. The van der Waals surface area contributed by atoms with Crippen LogP contribution in [-0.4, -0.2) is 47.8 Å². The molecule has 2 heterocycles. The molecule has 3 aromatic rings. The molecule has 5 rings (SSSR count). The fourth-order valence-corrected chi connectivity index (χ4v) is 5.98. The molecule has 41 heavy (non-hydrogen) atoms. The highest BCUT2D eigenvalue weighted by atomic mass is 32.2. The van der Waals surface area contributed by atoms with E-state index in [0.29, 0.717) is 41.9 Å². The van der Waals surface area contributed by atoms with Crippen LogP contribution in [0.2, 0.25) is 0 Å². The average molecular weight is 581 g/mol. The number of urea groups is 1. The van der Waals surface area contributed by atoms with E-state index in [4.69, 9.17) is 9.15 Å². The molecule has 2 aromatic heterocycles. The first kappa shape index (κ1) is 28.9. The second-order valence-corrected chi connectivity index (χ2v) is 12.4. The number of rotatable bonds is 8. The zero-order valence-corrected chi connectivity index (χ0v) is 23.6. The summed E-state index contributed by atoms with van der Waals surface area (Å²) in [4.78, 5) is 17.4. The molecule has 1 atom stereocenters. The number of fused-ring (bicyclic) bond motifs is 1. The molecule has 5 N–H and O–H groups in total. The van der Waals surface area contributed by atoms with Crippen molar-refractivity contribution in [2.45, 2.75) is 69.2 Å². The van der Waals surface area contributed by atoms with Gasteiger partial charge in [-0.2, -0.15) is 8.42 Å². The van der Waals surface area contributed by atoms with Crippen molar-refractivity contribution in [3.05, 3.63) is 71.0 Å². The van der Waals surface area contributed by atoms with Crippen molar-refractivity contribution in [2.75, 3.05) is 5.32 Å². The molecular formula is C28H32BN3O8S. The Morgan fingerprint density at radius 1 is 1.17 bits per heavy atom. The van der Waals surface area contributed by atoms with E-state index in [0.717, 1.165) is 42.2 Å². The molecule has 0 aliphatic heterocycles. The number of carbonyl (C=O) groups is 1. The largest absolute Gasteiger partial charge is 0.483 e. The summed E-state index contributed by atoms with van der Waals surface area (Å²) in [6.07, 6.45) is 8.45. The number of pyridine rings is 1. The summed E-state index contributed by atoms with van der Waals surface area (Å²) in [5.41, 5.74) is 3.44. The van der Waals surface area contributed by atoms with Gasteiger partial charge in [0, 0.05) is 35.9 Å². The molecule has 216 valence electrons. The Kier molecular flexibility index (Phi) is 7.97. The molecule has 2 aliphatic carbocycles. The van der Waals surface area contributed by atoms with Gasteiger partial charge in [-0.15, -0.1) is 0 Å². The second kappa shape index (κ2) is 11.3. The van der Waals surface area contributed by atoms with Gasteiger partial charge in [-0.25, -0.2) is 14.5 Å². The Labute approximate surface area is 238 Å². The van der Waals surface area contributed by atoms with Crippen molar-refractivity contribution in [2.24, 2.45) is 0 Å². The highest BCUT2D eigenvalue weighted by molar-refractivity contribution is 7.89. The smallest absolute Gasteiger partial charge is 0.474 e. The number of hydrogen-bond acceptors (Lipinski definition) is 9. The van der Waals surface area contributed by atoms with Crippen LogP contribution in [0.1, 0.15) is 56.2 Å². The van der Waals surface area contributed by atoms with E-state index in [-0.39, 0.29) is 11.7 Å². The van der Waals surface area contributed by atoms with Crippen molar-refractivity contribution in [3.8, 4) is 17.0 Å². The Bertz CT molecular complexity index is 1590. The van der Waals surface area contributed by atoms with Crippen molar-refractivity contribution >= 4 is 28.9 Å². The summed E-state index contributed by atoms with van der Waals surface area (Å²) in [5, 5.41) is 31.1. The van der Waals surface area contributed by atoms with Crippen LogP contribution >= 0.6 is 0 Å². The third kappa shape index (κ3) is 6.48. The van der Waals surface area contributed by atoms with Gasteiger partial charge in [-0.05, 0) is 74.2 Å². The number of anilines is 1. The van der Waals surface area contributed by atoms with Crippen molar-refractivity contribution in [1.29, 1.82) is 0 Å². The normalized spacial score (nSPS) is 17.0. The summed E-state index contributed by atoms with van der Waals surface area (Å²) in [7, 11) is -5.81. The van der Waals surface area contributed by atoms with Crippen LogP contribution in [-0.2, 0) is 28.5 Å². The topological polar surface area (TPSA) is 171 Å². The number of sulfonamides is 1. The lowest BCUT2D eigenvalue weighted by atomic mass is 9.73. The predicted molar refractivity (Wildman–Crippen MR) is 152 cm³/mol. The second-order valence-electron chi connectivity index (χ2n) is 10.8. The van der Waals surface area contributed by atoms with E-state index in [9.17, 15) is 28.4 Å². The summed E-state index contributed by atoms with van der Waals surface area (Å²) in [5.74, 6) is 0.382. The highest BCUT2D eigenvalue weighted by Gasteiger charge is 2.28. The van der Waals surface area contributed by atoms with Crippen LogP contribution in [0.4, 0.5) is 10.5 Å². The molecule has 2 aliphatic rings. The third-order valence-electron chi connectivity index (χ3n) is 7.36. The summed E-state index contributed by atoms with van der Waals surface area (Å²) < 4.78 is 38.9. The first-order valence-electron chi connectivity index (χ1n) is 13.4. The van der Waals surface area contributed by atoms with Gasteiger partial charge < -0.3 is 29.6 Å². The zero-order chi connectivity index (χ0) is 29.4. The number of ether oxygens (including phenoxy) is 1. The van der Waals surface area contributed by atoms with Crippen LogP contribution in [0.5, 0.6) is 5.88 Å². The molecule has 11 nitrogen and oxygen atoms in total. The number of allylic oxidation sites excluding steroid dienone is 1. The minimum atomic E-state index is -4.35. The van der Waals surface area contributed by atoms with E-state index in [2.05, 4.69) is 10.3 Å². The molecule has 0 saturated carbocycles. The van der Waals surface area contributed by atoms with E-state index >= 15 is 0 Å². The van der Waals surface area contributed by atoms with Gasteiger partial charge in [0.2, 0.25) is 11.0 Å². The zero-order valence-electron chi connectivity index (χ0n) is 22.8. The maximum Gasteiger partial charge on any atom is 0.483 e. The number of aromatic nitrogens is 1. The van der Waals surface area contributed by atoms with Gasteiger partial charge >= 0.3 is 13.1 Å². The minimum absolute atomic E-state index is 0.174. The van der Waals surface area contributed by atoms with Gasteiger partial charge in [0.1, 0.15) is 6.10 Å². The van der Waals surface area contributed by atoms with Crippen LogP contribution in [0.3, 0.4) is 0 Å². The van der Waals surface area contributed by atoms with E-state index in [1.807, 2.05) is 16.9 Å². The van der Waals surface area contributed by atoms with Gasteiger partial charge in [-0.3, -0.25) is 0 Å². The van der Waals surface area contributed by atoms with Gasteiger partial charge in [-0.1, -0.05) is 18.2 Å². The van der Waals surface area contributed by atoms with Crippen molar-refractivity contribution in [3.63, 3.8) is 0 Å². The fourth-order valence-electron chi connectivity index (χ4n) is 5.12. The number of nitrogens with zero attached hydrogens (tertiary/aromatic N) is 1. The number of hydrogen-bond donors (Lipinski definition) is 5. The van der Waals surface area contributed by atoms with Gasteiger partial charge in [0.05, 0.1) is 17.6 Å². The standard InChI is InChI=1S/C28H32BN3O8S/c1-28(2,34)19-15-25(39-16-19)41(37,38)32-27(33)31-26-22-5-3-4-17(22)6-11-23(26)18-12-13-30-24(14-18)40-21-9-7-20(8-10-21)29(35)36/h6-7,11-16,21,34-36H,3-5,8-10H2,1-2H3,(H2,31,32,33). The predicted octanol–water partition coefficient (Wildman–Crippen LogP) is 3.44. The van der Waals surface area contributed by atoms with Gasteiger partial charge in [0.25, 0.3) is 10.0 Å². The van der Waals surface area contributed by atoms with Crippen molar-refractivity contribution in [1.82, 2.24) is 9.71 Å². The van der Waals surface area contributed by atoms with E-state index in [1.165, 1.54) is 19.9 Å². The van der Waals surface area contributed by atoms with Gasteiger partial charge in [0.15, 0.2) is 0 Å². The molecule has 1 aromatic carbocycles. The number of aryl methyl sites for hydroxylation is 1. The van der Waals surface area contributed by atoms with E-state index in [1.54, 1.807) is 24.4 Å². The molecule has 0 fully saturated rings. The quantitative estimate of drug-likeness (QED) is 0.250. The first-order valence-corrected chi connectivity index (χ1v) is 14.9. The molecule has 0 bridgehead atoms.